The van der Waals surface area contributed by atoms with Crippen LogP contribution in [0.25, 0.3) is 0 Å². The highest BCUT2D eigenvalue weighted by Gasteiger charge is 2.50. The maximum absolute atomic E-state index is 12.8. The first-order chi connectivity index (χ1) is 8.64. The zero-order chi connectivity index (χ0) is 14.4. The van der Waals surface area contributed by atoms with Crippen LogP contribution < -0.4 is 4.90 Å². The Morgan fingerprint density at radius 2 is 1.89 bits per heavy atom. The molecule has 0 unspecified atom stereocenters. The molecule has 0 N–H and O–H groups in total. The Hall–Kier alpha value is -1.52. The highest BCUT2D eigenvalue weighted by molar-refractivity contribution is 5.99. The predicted octanol–water partition coefficient (Wildman–Crippen LogP) is 3.87. The summed E-state index contributed by atoms with van der Waals surface area (Å²) < 4.78 is 38.3. The third kappa shape index (κ3) is 2.33. The molecule has 2 rings (SSSR count). The number of benzene rings is 1. The molecule has 5 heteroatoms. The van der Waals surface area contributed by atoms with Crippen molar-refractivity contribution in [2.75, 3.05) is 4.90 Å². The van der Waals surface area contributed by atoms with E-state index in [2.05, 4.69) is 0 Å². The summed E-state index contributed by atoms with van der Waals surface area (Å²) in [5, 5.41) is 0. The lowest BCUT2D eigenvalue weighted by Crippen LogP contribution is -2.55. The minimum Gasteiger partial charge on any atom is -0.299 e. The monoisotopic (exact) mass is 271 g/mol. The summed E-state index contributed by atoms with van der Waals surface area (Å²) in [4.78, 5) is 12.6. The Labute approximate surface area is 110 Å². The van der Waals surface area contributed by atoms with E-state index < -0.39 is 17.6 Å². The van der Waals surface area contributed by atoms with Crippen LogP contribution in [0.3, 0.4) is 0 Å². The van der Waals surface area contributed by atoms with Gasteiger partial charge in [0.25, 0.3) is 0 Å². The Kier molecular flexibility index (Phi) is 3.11. The second-order valence-corrected chi connectivity index (χ2v) is 5.61. The molecule has 1 aromatic rings. The van der Waals surface area contributed by atoms with Crippen molar-refractivity contribution in [3.63, 3.8) is 0 Å². The van der Waals surface area contributed by atoms with Gasteiger partial charge in [-0.3, -0.25) is 9.69 Å². The summed E-state index contributed by atoms with van der Waals surface area (Å²) >= 11 is 0. The average molecular weight is 271 g/mol. The van der Waals surface area contributed by atoms with E-state index in [0.717, 1.165) is 10.5 Å². The number of para-hydroxylation sites is 1. The standard InChI is InChI=1S/C14H16F3NO/c1-9-8-13(2,3)18(12(19)14(15,16)17)11-7-5-4-6-10(9)11/h4-7,9H,8H2,1-3H3/t9-/m1/s1. The lowest BCUT2D eigenvalue weighted by Gasteiger charge is -2.46. The Morgan fingerprint density at radius 1 is 1.32 bits per heavy atom. The third-order valence-corrected chi connectivity index (χ3v) is 3.57. The van der Waals surface area contributed by atoms with E-state index in [1.54, 1.807) is 38.1 Å². The zero-order valence-electron chi connectivity index (χ0n) is 11.1. The first-order valence-electron chi connectivity index (χ1n) is 6.15. The second-order valence-electron chi connectivity index (χ2n) is 5.61. The molecule has 1 aliphatic heterocycles. The lowest BCUT2D eigenvalue weighted by molar-refractivity contribution is -0.171. The number of amides is 1. The smallest absolute Gasteiger partial charge is 0.299 e. The van der Waals surface area contributed by atoms with E-state index in [-0.39, 0.29) is 5.92 Å². The SMILES string of the molecule is C[C@@H]1CC(C)(C)N(C(=O)C(F)(F)F)c2ccccc21. The van der Waals surface area contributed by atoms with Gasteiger partial charge < -0.3 is 0 Å². The molecular formula is C14H16F3NO. The fourth-order valence-corrected chi connectivity index (χ4v) is 2.90. The van der Waals surface area contributed by atoms with Gasteiger partial charge >= 0.3 is 12.1 Å². The van der Waals surface area contributed by atoms with E-state index in [1.807, 2.05) is 6.92 Å². The summed E-state index contributed by atoms with van der Waals surface area (Å²) in [6.07, 6.45) is -4.35. The summed E-state index contributed by atoms with van der Waals surface area (Å²) in [5.74, 6) is -1.67. The third-order valence-electron chi connectivity index (χ3n) is 3.57. The van der Waals surface area contributed by atoms with Crippen LogP contribution in [0.2, 0.25) is 0 Å². The van der Waals surface area contributed by atoms with E-state index >= 15 is 0 Å². The molecule has 19 heavy (non-hydrogen) atoms. The molecule has 1 atom stereocenters. The van der Waals surface area contributed by atoms with Crippen LogP contribution in [-0.2, 0) is 4.79 Å². The van der Waals surface area contributed by atoms with E-state index in [9.17, 15) is 18.0 Å². The molecule has 0 saturated heterocycles. The molecular weight excluding hydrogens is 255 g/mol. The number of carbonyl (C=O) groups is 1. The highest BCUT2D eigenvalue weighted by Crippen LogP contribution is 2.44. The van der Waals surface area contributed by atoms with E-state index in [1.165, 1.54) is 0 Å². The van der Waals surface area contributed by atoms with Crippen LogP contribution in [0.5, 0.6) is 0 Å². The van der Waals surface area contributed by atoms with Gasteiger partial charge in [0.05, 0.1) is 0 Å². The molecule has 0 aliphatic carbocycles. The fraction of sp³-hybridized carbons (Fsp3) is 0.500. The second kappa shape index (κ2) is 4.25. The lowest BCUT2D eigenvalue weighted by atomic mass is 9.80. The van der Waals surface area contributed by atoms with E-state index in [4.69, 9.17) is 0 Å². The van der Waals surface area contributed by atoms with Gasteiger partial charge in [-0.25, -0.2) is 0 Å². The van der Waals surface area contributed by atoms with Crippen LogP contribution in [0, 0.1) is 0 Å². The molecule has 1 heterocycles. The predicted molar refractivity (Wildman–Crippen MR) is 67.1 cm³/mol. The number of hydrogen-bond donors (Lipinski definition) is 0. The molecule has 0 aromatic heterocycles. The van der Waals surface area contributed by atoms with Gasteiger partial charge in [0, 0.05) is 11.2 Å². The van der Waals surface area contributed by atoms with Crippen molar-refractivity contribution in [2.45, 2.75) is 44.8 Å². The molecule has 0 spiro atoms. The minimum absolute atomic E-state index is 0.128. The van der Waals surface area contributed by atoms with Crippen LogP contribution in [0.4, 0.5) is 18.9 Å². The maximum Gasteiger partial charge on any atom is 0.471 e. The Balaban J connectivity index is 2.57. The number of carbonyl (C=O) groups excluding carboxylic acids is 1. The molecule has 2 nitrogen and oxygen atoms in total. The zero-order valence-corrected chi connectivity index (χ0v) is 11.1. The van der Waals surface area contributed by atoms with Gasteiger partial charge in [-0.1, -0.05) is 25.1 Å². The van der Waals surface area contributed by atoms with Gasteiger partial charge in [-0.15, -0.1) is 0 Å². The van der Waals surface area contributed by atoms with E-state index in [0.29, 0.717) is 12.1 Å². The molecule has 0 saturated carbocycles. The first-order valence-corrected chi connectivity index (χ1v) is 6.15. The normalized spacial score (nSPS) is 22.0. The number of nitrogens with zero attached hydrogens (tertiary/aromatic N) is 1. The molecule has 1 aliphatic rings. The molecule has 0 radical (unpaired) electrons. The summed E-state index contributed by atoms with van der Waals surface area (Å²) in [7, 11) is 0. The van der Waals surface area contributed by atoms with Crippen molar-refractivity contribution in [2.24, 2.45) is 0 Å². The van der Waals surface area contributed by atoms with Crippen molar-refractivity contribution in [1.29, 1.82) is 0 Å². The number of alkyl halides is 3. The number of hydrogen-bond acceptors (Lipinski definition) is 1. The van der Waals surface area contributed by atoms with Crippen molar-refractivity contribution in [1.82, 2.24) is 0 Å². The van der Waals surface area contributed by atoms with Gasteiger partial charge in [-0.05, 0) is 37.8 Å². The summed E-state index contributed by atoms with van der Waals surface area (Å²) in [6.45, 7) is 5.31. The van der Waals surface area contributed by atoms with Gasteiger partial charge in [0.1, 0.15) is 0 Å². The fourth-order valence-electron chi connectivity index (χ4n) is 2.90. The number of halogens is 3. The van der Waals surface area contributed by atoms with Crippen LogP contribution in [-0.4, -0.2) is 17.6 Å². The quantitative estimate of drug-likeness (QED) is 0.701. The Morgan fingerprint density at radius 3 is 2.47 bits per heavy atom. The number of anilines is 1. The van der Waals surface area contributed by atoms with Crippen molar-refractivity contribution < 1.29 is 18.0 Å². The average Bonchev–Trinajstić information content (AvgIpc) is 2.26. The summed E-state index contributed by atoms with van der Waals surface area (Å²) in [6, 6.07) is 6.80. The molecule has 1 aromatic carbocycles. The van der Waals surface area contributed by atoms with Gasteiger partial charge in [0.15, 0.2) is 0 Å². The molecule has 0 bridgehead atoms. The van der Waals surface area contributed by atoms with Gasteiger partial charge in [-0.2, -0.15) is 13.2 Å². The summed E-state index contributed by atoms with van der Waals surface area (Å²) in [5.41, 5.74) is 0.313. The van der Waals surface area contributed by atoms with Crippen molar-refractivity contribution in [3.8, 4) is 0 Å². The Bertz CT molecular complexity index is 508. The topological polar surface area (TPSA) is 20.3 Å². The first kappa shape index (κ1) is 13.9. The number of rotatable bonds is 0. The maximum atomic E-state index is 12.8. The number of fused-ring (bicyclic) bond motifs is 1. The van der Waals surface area contributed by atoms with Crippen molar-refractivity contribution in [3.05, 3.63) is 29.8 Å². The van der Waals surface area contributed by atoms with Crippen molar-refractivity contribution >= 4 is 11.6 Å². The molecule has 0 fully saturated rings. The minimum atomic E-state index is -4.86. The van der Waals surface area contributed by atoms with Gasteiger partial charge in [0.2, 0.25) is 0 Å². The van der Waals surface area contributed by atoms with Crippen LogP contribution in [0.15, 0.2) is 24.3 Å². The van der Waals surface area contributed by atoms with Crippen LogP contribution >= 0.6 is 0 Å². The highest BCUT2D eigenvalue weighted by atomic mass is 19.4. The molecule has 104 valence electrons. The van der Waals surface area contributed by atoms with Crippen LogP contribution in [0.1, 0.15) is 38.7 Å². The molecule has 1 amide bonds. The largest absolute Gasteiger partial charge is 0.471 e.